The van der Waals surface area contributed by atoms with Crippen molar-refractivity contribution in [1.82, 2.24) is 9.29 Å². The fourth-order valence-corrected chi connectivity index (χ4v) is 4.02. The zero-order valence-electron chi connectivity index (χ0n) is 15.6. The molecule has 1 heterocycles. The maximum absolute atomic E-state index is 13.9. The maximum atomic E-state index is 13.9. The van der Waals surface area contributed by atoms with E-state index in [2.05, 4.69) is 4.98 Å². The molecular formula is C19H24F2N2O2S. The van der Waals surface area contributed by atoms with E-state index in [-0.39, 0.29) is 6.61 Å². The second-order valence-electron chi connectivity index (χ2n) is 7.27. The zero-order chi connectivity index (χ0) is 19.7. The molecular weight excluding hydrogens is 358 g/mol. The minimum Gasteiger partial charge on any atom is -0.597 e. The van der Waals surface area contributed by atoms with E-state index in [1.54, 1.807) is 30.4 Å². The summed E-state index contributed by atoms with van der Waals surface area (Å²) < 4.78 is 41.5. The van der Waals surface area contributed by atoms with Gasteiger partial charge in [-0.2, -0.15) is 0 Å². The van der Waals surface area contributed by atoms with Crippen molar-refractivity contribution in [2.45, 2.75) is 44.6 Å². The third kappa shape index (κ3) is 3.91. The Balaban J connectivity index is 2.64. The molecule has 0 saturated heterocycles. The number of hydrogen-bond acceptors (Lipinski definition) is 4. The lowest BCUT2D eigenvalue weighted by atomic mass is 9.88. The van der Waals surface area contributed by atoms with Gasteiger partial charge < -0.3 is 9.66 Å². The molecule has 2 atom stereocenters. The molecule has 0 bridgehead atoms. The molecule has 1 aromatic heterocycles. The lowest BCUT2D eigenvalue weighted by Gasteiger charge is -2.41. The highest BCUT2D eigenvalue weighted by Crippen LogP contribution is 2.38. The van der Waals surface area contributed by atoms with Crippen molar-refractivity contribution in [2.24, 2.45) is 0 Å². The van der Waals surface area contributed by atoms with Crippen LogP contribution in [0.5, 0.6) is 0 Å². The number of pyridine rings is 1. The molecule has 0 fully saturated rings. The van der Waals surface area contributed by atoms with Crippen LogP contribution in [0.3, 0.4) is 0 Å². The first kappa shape index (κ1) is 20.8. The predicted molar refractivity (Wildman–Crippen MR) is 98.6 cm³/mol. The maximum Gasteiger partial charge on any atom is 0.159 e. The van der Waals surface area contributed by atoms with Gasteiger partial charge in [-0.1, -0.05) is 12.1 Å². The van der Waals surface area contributed by atoms with Gasteiger partial charge in [-0.15, -0.1) is 4.31 Å². The third-order valence-electron chi connectivity index (χ3n) is 4.39. The number of rotatable bonds is 5. The Morgan fingerprint density at radius 1 is 1.12 bits per heavy atom. The predicted octanol–water partition coefficient (Wildman–Crippen LogP) is 3.51. The minimum atomic E-state index is -1.44. The van der Waals surface area contributed by atoms with Crippen molar-refractivity contribution in [2.75, 3.05) is 7.05 Å². The summed E-state index contributed by atoms with van der Waals surface area (Å²) >= 11 is -1.44. The average molecular weight is 382 g/mol. The summed E-state index contributed by atoms with van der Waals surface area (Å²) in [5, 5.41) is 9.23. The number of halogens is 2. The van der Waals surface area contributed by atoms with Gasteiger partial charge in [0, 0.05) is 24.6 Å². The first-order chi connectivity index (χ1) is 12.0. The first-order valence-corrected chi connectivity index (χ1v) is 9.30. The van der Waals surface area contributed by atoms with Crippen LogP contribution in [0.1, 0.15) is 44.5 Å². The van der Waals surface area contributed by atoms with Crippen LogP contribution < -0.4 is 0 Å². The van der Waals surface area contributed by atoms with Crippen molar-refractivity contribution in [3.8, 4) is 0 Å². The summed E-state index contributed by atoms with van der Waals surface area (Å²) in [4.78, 5) is 4.38. The molecule has 0 aliphatic rings. The molecule has 0 radical (unpaired) electrons. The largest absolute Gasteiger partial charge is 0.597 e. The van der Waals surface area contributed by atoms with Gasteiger partial charge in [-0.3, -0.25) is 4.98 Å². The van der Waals surface area contributed by atoms with E-state index < -0.39 is 33.3 Å². The van der Waals surface area contributed by atoms with Gasteiger partial charge in [0.2, 0.25) is 0 Å². The molecule has 1 N–H and O–H groups in total. The van der Waals surface area contributed by atoms with Gasteiger partial charge >= 0.3 is 0 Å². The molecule has 1 aromatic carbocycles. The second kappa shape index (κ2) is 7.60. The van der Waals surface area contributed by atoms with Crippen molar-refractivity contribution in [1.29, 1.82) is 0 Å². The lowest BCUT2D eigenvalue weighted by molar-refractivity contribution is 0.275. The molecule has 0 aliphatic heterocycles. The molecule has 4 nitrogen and oxygen atoms in total. The Labute approximate surface area is 156 Å². The van der Waals surface area contributed by atoms with Gasteiger partial charge in [0.15, 0.2) is 11.6 Å². The highest BCUT2D eigenvalue weighted by atomic mass is 32.2. The Hall–Kier alpha value is -1.54. The molecule has 0 aliphatic carbocycles. The summed E-state index contributed by atoms with van der Waals surface area (Å²) in [6, 6.07) is 7.03. The lowest BCUT2D eigenvalue weighted by Crippen LogP contribution is -2.51. The summed E-state index contributed by atoms with van der Waals surface area (Å²) in [7, 11) is 1.67. The van der Waals surface area contributed by atoms with E-state index in [0.717, 1.165) is 12.1 Å². The van der Waals surface area contributed by atoms with Crippen LogP contribution in [0, 0.1) is 11.6 Å². The number of benzene rings is 1. The number of hydrogen-bond donors (Lipinski definition) is 1. The van der Waals surface area contributed by atoms with Crippen molar-refractivity contribution < 1.29 is 18.4 Å². The van der Waals surface area contributed by atoms with E-state index in [1.165, 1.54) is 12.3 Å². The third-order valence-corrected chi connectivity index (χ3v) is 6.30. The monoisotopic (exact) mass is 382 g/mol. The fourth-order valence-electron chi connectivity index (χ4n) is 2.67. The van der Waals surface area contributed by atoms with E-state index in [1.807, 2.05) is 20.8 Å². The van der Waals surface area contributed by atoms with Crippen LogP contribution >= 0.6 is 0 Å². The van der Waals surface area contributed by atoms with Gasteiger partial charge in [-0.25, -0.2) is 8.78 Å². The fraction of sp³-hybridized carbons (Fsp3) is 0.421. The van der Waals surface area contributed by atoms with Gasteiger partial charge in [0.1, 0.15) is 10.3 Å². The SMILES string of the molecule is CN([S@+]([O-])C(C)(C)C)[C@@](C)(c1ccc(F)c(F)c1)c1ccc(CO)cn1. The van der Waals surface area contributed by atoms with Crippen molar-refractivity contribution in [3.63, 3.8) is 0 Å². The summed E-state index contributed by atoms with van der Waals surface area (Å²) in [5.74, 6) is -1.92. The zero-order valence-corrected chi connectivity index (χ0v) is 16.4. The Bertz CT molecular complexity index is 765. The van der Waals surface area contributed by atoms with E-state index in [4.69, 9.17) is 0 Å². The second-order valence-corrected chi connectivity index (χ2v) is 9.54. The number of aliphatic hydroxyl groups excluding tert-OH is 1. The van der Waals surface area contributed by atoms with Crippen LogP contribution in [0.25, 0.3) is 0 Å². The average Bonchev–Trinajstić information content (AvgIpc) is 2.61. The van der Waals surface area contributed by atoms with Crippen LogP contribution in [0.2, 0.25) is 0 Å². The molecule has 2 aromatic rings. The van der Waals surface area contributed by atoms with Crippen molar-refractivity contribution >= 4 is 11.4 Å². The van der Waals surface area contributed by atoms with Gasteiger partial charge in [-0.05, 0) is 57.0 Å². The van der Waals surface area contributed by atoms with Crippen LogP contribution in [-0.2, 0) is 23.5 Å². The van der Waals surface area contributed by atoms with Crippen LogP contribution in [0.4, 0.5) is 8.78 Å². The number of nitrogens with zero attached hydrogens (tertiary/aromatic N) is 2. The van der Waals surface area contributed by atoms with E-state index >= 15 is 0 Å². The first-order valence-electron chi connectivity index (χ1n) is 8.19. The van der Waals surface area contributed by atoms with Crippen LogP contribution in [0.15, 0.2) is 36.5 Å². The molecule has 0 unspecified atom stereocenters. The topological polar surface area (TPSA) is 59.4 Å². The molecule has 0 amide bonds. The quantitative estimate of drug-likeness (QED) is 0.804. The summed E-state index contributed by atoms with van der Waals surface area (Å²) in [5.41, 5.74) is 0.503. The van der Waals surface area contributed by atoms with E-state index in [0.29, 0.717) is 16.8 Å². The van der Waals surface area contributed by atoms with Crippen LogP contribution in [-0.4, -0.2) is 30.7 Å². The van der Waals surface area contributed by atoms with E-state index in [9.17, 15) is 18.4 Å². The molecule has 0 saturated carbocycles. The molecule has 7 heteroatoms. The molecule has 26 heavy (non-hydrogen) atoms. The van der Waals surface area contributed by atoms with Crippen molar-refractivity contribution in [3.05, 3.63) is 65.0 Å². The molecule has 2 rings (SSSR count). The number of aliphatic hydroxyl groups is 1. The number of aromatic nitrogens is 1. The summed E-state index contributed by atoms with van der Waals surface area (Å²) in [6.07, 6.45) is 1.52. The molecule has 0 spiro atoms. The Morgan fingerprint density at radius 2 is 1.77 bits per heavy atom. The normalized spacial score (nSPS) is 15.8. The smallest absolute Gasteiger partial charge is 0.159 e. The standard InChI is InChI=1S/C19H24F2N2O2S/c1-18(2,3)26(25)23(5)19(4,14-7-8-15(20)16(21)10-14)17-9-6-13(12-24)11-22-17/h6-11,24H,12H2,1-5H3/t19-,26+/m0/s1. The minimum absolute atomic E-state index is 0.154. The summed E-state index contributed by atoms with van der Waals surface area (Å²) in [6.45, 7) is 7.14. The van der Waals surface area contributed by atoms with Gasteiger partial charge in [0.25, 0.3) is 0 Å². The van der Waals surface area contributed by atoms with Gasteiger partial charge in [0.05, 0.1) is 12.3 Å². The highest BCUT2D eigenvalue weighted by Gasteiger charge is 2.45. The Morgan fingerprint density at radius 3 is 2.23 bits per heavy atom. The Kier molecular flexibility index (Phi) is 6.07. The molecule has 142 valence electrons. The highest BCUT2D eigenvalue weighted by molar-refractivity contribution is 7.90.